The molecular formula is C28H32N4O6. The summed E-state index contributed by atoms with van der Waals surface area (Å²) in [4.78, 5) is 69.5. The highest BCUT2D eigenvalue weighted by Crippen LogP contribution is 2.21. The second-order valence-electron chi connectivity index (χ2n) is 10.1. The van der Waals surface area contributed by atoms with E-state index >= 15 is 0 Å². The first-order valence-electron chi connectivity index (χ1n) is 12.8. The Kier molecular flexibility index (Phi) is 8.09. The van der Waals surface area contributed by atoms with Gasteiger partial charge in [0.2, 0.25) is 11.8 Å². The number of aromatic nitrogens is 2. The first-order valence-corrected chi connectivity index (χ1v) is 12.8. The standard InChI is InChI=1S/C28H32N4O6/c1-17(2)15-21(26(35)31-14-8-13-22(31)27(36)37)29-24(33)23(16-18-9-4-3-5-10-18)32-25(34)19-11-6-7-12-20(19)30-28(32)38/h3-7,9-12,17,21-23H,8,13-16H2,1-2H3,(H,29,33)(H,30,38)(H,36,37)/t21-,22-,23-/m0/s1. The highest BCUT2D eigenvalue weighted by molar-refractivity contribution is 5.92. The van der Waals surface area contributed by atoms with Crippen LogP contribution >= 0.6 is 0 Å². The molecule has 0 spiro atoms. The topological polar surface area (TPSA) is 142 Å². The molecule has 0 aliphatic carbocycles. The summed E-state index contributed by atoms with van der Waals surface area (Å²) in [5, 5.41) is 12.6. The van der Waals surface area contributed by atoms with Crippen molar-refractivity contribution in [3.63, 3.8) is 0 Å². The molecule has 38 heavy (non-hydrogen) atoms. The quantitative estimate of drug-likeness (QED) is 0.394. The Labute approximate surface area is 219 Å². The molecule has 2 amide bonds. The van der Waals surface area contributed by atoms with Crippen LogP contribution in [-0.4, -0.2) is 56.0 Å². The van der Waals surface area contributed by atoms with Crippen LogP contribution in [0.25, 0.3) is 10.9 Å². The number of carbonyl (C=O) groups is 3. The molecule has 200 valence electrons. The Balaban J connectivity index is 1.73. The molecule has 2 heterocycles. The Morgan fingerprint density at radius 2 is 1.74 bits per heavy atom. The van der Waals surface area contributed by atoms with Gasteiger partial charge in [0.15, 0.2) is 0 Å². The van der Waals surface area contributed by atoms with E-state index in [4.69, 9.17) is 0 Å². The molecule has 0 bridgehead atoms. The Morgan fingerprint density at radius 3 is 2.42 bits per heavy atom. The van der Waals surface area contributed by atoms with Crippen molar-refractivity contribution in [2.75, 3.05) is 6.54 Å². The largest absolute Gasteiger partial charge is 0.480 e. The fraction of sp³-hybridized carbons (Fsp3) is 0.393. The van der Waals surface area contributed by atoms with E-state index in [-0.39, 0.29) is 30.7 Å². The van der Waals surface area contributed by atoms with Gasteiger partial charge in [-0.3, -0.25) is 14.4 Å². The van der Waals surface area contributed by atoms with Crippen LogP contribution in [0.1, 0.15) is 44.7 Å². The van der Waals surface area contributed by atoms with E-state index in [0.717, 1.165) is 10.1 Å². The zero-order valence-electron chi connectivity index (χ0n) is 21.4. The lowest BCUT2D eigenvalue weighted by Crippen LogP contribution is -2.54. The molecule has 4 rings (SSSR count). The van der Waals surface area contributed by atoms with E-state index in [1.807, 2.05) is 19.9 Å². The van der Waals surface area contributed by atoms with Gasteiger partial charge in [-0.15, -0.1) is 0 Å². The van der Waals surface area contributed by atoms with Gasteiger partial charge >= 0.3 is 11.7 Å². The summed E-state index contributed by atoms with van der Waals surface area (Å²) in [7, 11) is 0. The third kappa shape index (κ3) is 5.69. The van der Waals surface area contributed by atoms with Crippen molar-refractivity contribution in [1.82, 2.24) is 19.8 Å². The number of likely N-dealkylation sites (tertiary alicyclic amines) is 1. The first-order chi connectivity index (χ1) is 18.2. The molecule has 10 heteroatoms. The number of carboxylic acids is 1. The number of benzene rings is 2. The van der Waals surface area contributed by atoms with E-state index in [0.29, 0.717) is 18.4 Å². The number of nitrogens with zero attached hydrogens (tertiary/aromatic N) is 2. The predicted molar refractivity (Wildman–Crippen MR) is 142 cm³/mol. The zero-order valence-corrected chi connectivity index (χ0v) is 21.4. The Bertz CT molecular complexity index is 1440. The van der Waals surface area contributed by atoms with Gasteiger partial charge in [-0.25, -0.2) is 14.2 Å². The highest BCUT2D eigenvalue weighted by Gasteiger charge is 2.38. The van der Waals surface area contributed by atoms with Gasteiger partial charge in [-0.05, 0) is 42.9 Å². The molecule has 1 aromatic heterocycles. The molecule has 1 aliphatic heterocycles. The molecule has 0 saturated carbocycles. The number of amides is 2. The first kappa shape index (κ1) is 26.8. The predicted octanol–water partition coefficient (Wildman–Crippen LogP) is 2.08. The van der Waals surface area contributed by atoms with Crippen LogP contribution in [0.3, 0.4) is 0 Å². The highest BCUT2D eigenvalue weighted by atomic mass is 16.4. The van der Waals surface area contributed by atoms with E-state index in [2.05, 4.69) is 10.3 Å². The molecule has 0 unspecified atom stereocenters. The van der Waals surface area contributed by atoms with Crippen LogP contribution < -0.4 is 16.6 Å². The number of nitrogens with one attached hydrogen (secondary N) is 2. The maximum Gasteiger partial charge on any atom is 0.329 e. The smallest absolute Gasteiger partial charge is 0.329 e. The average Bonchev–Trinajstić information content (AvgIpc) is 3.38. The van der Waals surface area contributed by atoms with Crippen LogP contribution in [0, 0.1) is 5.92 Å². The minimum Gasteiger partial charge on any atom is -0.480 e. The molecular weight excluding hydrogens is 488 g/mol. The van der Waals surface area contributed by atoms with Gasteiger partial charge in [-0.2, -0.15) is 0 Å². The lowest BCUT2D eigenvalue weighted by molar-refractivity contribution is -0.149. The molecule has 0 radical (unpaired) electrons. The minimum atomic E-state index is -1.24. The molecule has 3 aromatic rings. The fourth-order valence-electron chi connectivity index (χ4n) is 5.05. The molecule has 2 aromatic carbocycles. The zero-order chi connectivity index (χ0) is 27.4. The Hall–Kier alpha value is -4.21. The SMILES string of the molecule is CC(C)C[C@H](NC(=O)[C@H](Cc1ccccc1)n1c(=O)[nH]c2ccccc2c1=O)C(=O)N1CCC[C@H]1C(=O)O. The van der Waals surface area contributed by atoms with E-state index < -0.39 is 47.2 Å². The van der Waals surface area contributed by atoms with Crippen molar-refractivity contribution in [3.8, 4) is 0 Å². The van der Waals surface area contributed by atoms with Gasteiger partial charge in [0.1, 0.15) is 18.1 Å². The summed E-state index contributed by atoms with van der Waals surface area (Å²) in [6.45, 7) is 4.08. The lowest BCUT2D eigenvalue weighted by atomic mass is 10.00. The van der Waals surface area contributed by atoms with Crippen LogP contribution in [0.15, 0.2) is 64.2 Å². The maximum absolute atomic E-state index is 13.8. The van der Waals surface area contributed by atoms with Gasteiger partial charge in [0, 0.05) is 13.0 Å². The summed E-state index contributed by atoms with van der Waals surface area (Å²) < 4.78 is 0.900. The summed E-state index contributed by atoms with van der Waals surface area (Å²) in [5.74, 6) is -2.21. The Morgan fingerprint density at radius 1 is 1.05 bits per heavy atom. The number of fused-ring (bicyclic) bond motifs is 1. The normalized spacial score (nSPS) is 16.9. The van der Waals surface area contributed by atoms with Crippen LogP contribution in [0.2, 0.25) is 0 Å². The van der Waals surface area contributed by atoms with Gasteiger partial charge in [0.05, 0.1) is 10.9 Å². The van der Waals surface area contributed by atoms with Crippen molar-refractivity contribution in [2.45, 2.75) is 57.7 Å². The average molecular weight is 521 g/mol. The number of H-pyrrole nitrogens is 1. The molecule has 1 fully saturated rings. The number of hydrogen-bond donors (Lipinski definition) is 3. The summed E-state index contributed by atoms with van der Waals surface area (Å²) in [6.07, 6.45) is 1.22. The van der Waals surface area contributed by atoms with E-state index in [9.17, 15) is 29.1 Å². The number of hydrogen-bond acceptors (Lipinski definition) is 5. The van der Waals surface area contributed by atoms with Crippen molar-refractivity contribution >= 4 is 28.7 Å². The summed E-state index contributed by atoms with van der Waals surface area (Å²) in [5.41, 5.74) is -0.261. The molecule has 3 N–H and O–H groups in total. The third-order valence-corrected chi connectivity index (χ3v) is 6.87. The second kappa shape index (κ2) is 11.5. The number of carboxylic acid groups (broad SMARTS) is 1. The molecule has 1 saturated heterocycles. The van der Waals surface area contributed by atoms with Crippen molar-refractivity contribution in [1.29, 1.82) is 0 Å². The number of carbonyl (C=O) groups excluding carboxylic acids is 2. The van der Waals surface area contributed by atoms with Gasteiger partial charge in [-0.1, -0.05) is 56.3 Å². The molecule has 1 aliphatic rings. The lowest BCUT2D eigenvalue weighted by Gasteiger charge is -2.29. The number of aromatic amines is 1. The van der Waals surface area contributed by atoms with Crippen LogP contribution in [-0.2, 0) is 20.8 Å². The summed E-state index contributed by atoms with van der Waals surface area (Å²) in [6, 6.07) is 12.4. The molecule has 10 nitrogen and oxygen atoms in total. The number of para-hydroxylation sites is 1. The van der Waals surface area contributed by atoms with Crippen LogP contribution in [0.5, 0.6) is 0 Å². The van der Waals surface area contributed by atoms with Crippen molar-refractivity contribution in [2.24, 2.45) is 5.92 Å². The monoisotopic (exact) mass is 520 g/mol. The number of aliphatic carboxylic acids is 1. The second-order valence-corrected chi connectivity index (χ2v) is 10.1. The van der Waals surface area contributed by atoms with Crippen molar-refractivity contribution < 1.29 is 19.5 Å². The van der Waals surface area contributed by atoms with Gasteiger partial charge < -0.3 is 20.3 Å². The van der Waals surface area contributed by atoms with E-state index in [1.54, 1.807) is 48.5 Å². The maximum atomic E-state index is 13.8. The number of rotatable bonds is 9. The van der Waals surface area contributed by atoms with Crippen molar-refractivity contribution in [3.05, 3.63) is 81.0 Å². The third-order valence-electron chi connectivity index (χ3n) is 6.87. The summed E-state index contributed by atoms with van der Waals surface area (Å²) >= 11 is 0. The van der Waals surface area contributed by atoms with Crippen LogP contribution in [0.4, 0.5) is 0 Å². The molecule has 3 atom stereocenters. The van der Waals surface area contributed by atoms with Gasteiger partial charge in [0.25, 0.3) is 5.56 Å². The van der Waals surface area contributed by atoms with E-state index in [1.165, 1.54) is 4.90 Å². The minimum absolute atomic E-state index is 0.00880. The fourth-order valence-corrected chi connectivity index (χ4v) is 5.05.